The first kappa shape index (κ1) is 13.5. The first-order chi connectivity index (χ1) is 8.59. The smallest absolute Gasteiger partial charge is 0.198 e. The van der Waals surface area contributed by atoms with Crippen molar-refractivity contribution >= 4 is 31.9 Å². The Balaban J connectivity index is 2.41. The molecule has 0 unspecified atom stereocenters. The molecule has 0 saturated carbocycles. The third-order valence-electron chi connectivity index (χ3n) is 2.28. The van der Waals surface area contributed by atoms with Gasteiger partial charge in [0.2, 0.25) is 0 Å². The second kappa shape index (κ2) is 5.80. The van der Waals surface area contributed by atoms with Crippen molar-refractivity contribution in [1.29, 1.82) is 0 Å². The van der Waals surface area contributed by atoms with Crippen LogP contribution in [0.2, 0.25) is 0 Å². The summed E-state index contributed by atoms with van der Waals surface area (Å²) in [7, 11) is 0. The fourth-order valence-electron chi connectivity index (χ4n) is 1.42. The maximum Gasteiger partial charge on any atom is 0.198 e. The van der Waals surface area contributed by atoms with Gasteiger partial charge in [0.1, 0.15) is 5.75 Å². The summed E-state index contributed by atoms with van der Waals surface area (Å²) < 4.78 is 32.5. The summed E-state index contributed by atoms with van der Waals surface area (Å²) in [5, 5.41) is 0. The van der Waals surface area contributed by atoms with Crippen molar-refractivity contribution in [3.8, 4) is 11.5 Å². The molecular weight excluding hydrogens is 370 g/mol. The van der Waals surface area contributed by atoms with Crippen LogP contribution < -0.4 is 4.74 Å². The van der Waals surface area contributed by atoms with Gasteiger partial charge in [0.15, 0.2) is 17.4 Å². The highest BCUT2D eigenvalue weighted by Gasteiger charge is 2.19. The highest BCUT2D eigenvalue weighted by atomic mass is 79.9. The molecule has 0 amide bonds. The molecule has 2 aromatic rings. The van der Waals surface area contributed by atoms with Gasteiger partial charge >= 0.3 is 0 Å². The Morgan fingerprint density at radius 2 is 1.61 bits per heavy atom. The minimum atomic E-state index is -0.735. The molecule has 0 heterocycles. The molecule has 0 saturated heterocycles. The summed E-state index contributed by atoms with van der Waals surface area (Å²) in [6.45, 7) is 0. The Hall–Kier alpha value is -0.940. The SMILES string of the molecule is Fc1ccc(C(Br)Br)c(F)c1Oc1ccccc1. The lowest BCUT2D eigenvalue weighted by molar-refractivity contribution is 0.405. The van der Waals surface area contributed by atoms with E-state index >= 15 is 0 Å². The summed E-state index contributed by atoms with van der Waals surface area (Å²) in [4.78, 5) is 0. The number of halogens is 4. The third kappa shape index (κ3) is 2.90. The maximum absolute atomic E-state index is 14.0. The molecule has 18 heavy (non-hydrogen) atoms. The number of ether oxygens (including phenoxy) is 1. The van der Waals surface area contributed by atoms with E-state index in [0.717, 1.165) is 0 Å². The van der Waals surface area contributed by atoms with Gasteiger partial charge in [-0.05, 0) is 18.2 Å². The van der Waals surface area contributed by atoms with E-state index in [9.17, 15) is 8.78 Å². The van der Waals surface area contributed by atoms with Crippen molar-refractivity contribution in [2.45, 2.75) is 3.74 Å². The lowest BCUT2D eigenvalue weighted by Gasteiger charge is -2.11. The van der Waals surface area contributed by atoms with Gasteiger partial charge in [0.25, 0.3) is 0 Å². The van der Waals surface area contributed by atoms with Crippen LogP contribution in [0.3, 0.4) is 0 Å². The quantitative estimate of drug-likeness (QED) is 0.637. The lowest BCUT2D eigenvalue weighted by atomic mass is 10.2. The second-order valence-electron chi connectivity index (χ2n) is 3.50. The Morgan fingerprint density at radius 3 is 2.22 bits per heavy atom. The monoisotopic (exact) mass is 376 g/mol. The summed E-state index contributed by atoms with van der Waals surface area (Å²) in [6.07, 6.45) is 0. The van der Waals surface area contributed by atoms with E-state index in [1.54, 1.807) is 30.3 Å². The minimum absolute atomic E-state index is 0.280. The van der Waals surface area contributed by atoms with Crippen LogP contribution in [0, 0.1) is 11.6 Å². The van der Waals surface area contributed by atoms with Crippen LogP contribution in [0.15, 0.2) is 42.5 Å². The van der Waals surface area contributed by atoms with Crippen LogP contribution in [0.1, 0.15) is 9.30 Å². The van der Waals surface area contributed by atoms with Crippen molar-refractivity contribution in [2.75, 3.05) is 0 Å². The van der Waals surface area contributed by atoms with Gasteiger partial charge in [-0.1, -0.05) is 56.1 Å². The zero-order valence-electron chi connectivity index (χ0n) is 9.04. The lowest BCUT2D eigenvalue weighted by Crippen LogP contribution is -1.97. The van der Waals surface area contributed by atoms with E-state index in [4.69, 9.17) is 4.74 Å². The number of benzene rings is 2. The first-order valence-corrected chi connectivity index (χ1v) is 6.91. The van der Waals surface area contributed by atoms with E-state index < -0.39 is 21.1 Å². The van der Waals surface area contributed by atoms with Gasteiger partial charge in [-0.15, -0.1) is 0 Å². The molecule has 94 valence electrons. The van der Waals surface area contributed by atoms with Crippen molar-refractivity contribution in [3.05, 3.63) is 59.7 Å². The van der Waals surface area contributed by atoms with Gasteiger partial charge in [0.05, 0.1) is 3.74 Å². The number of hydrogen-bond donors (Lipinski definition) is 0. The normalized spacial score (nSPS) is 10.7. The summed E-state index contributed by atoms with van der Waals surface area (Å²) >= 11 is 6.35. The molecule has 0 aliphatic carbocycles. The number of alkyl halides is 2. The number of hydrogen-bond acceptors (Lipinski definition) is 1. The van der Waals surface area contributed by atoms with Crippen LogP contribution in [-0.4, -0.2) is 0 Å². The van der Waals surface area contributed by atoms with Crippen LogP contribution >= 0.6 is 31.9 Å². The Labute approximate surface area is 120 Å². The molecule has 0 radical (unpaired) electrons. The summed E-state index contributed by atoms with van der Waals surface area (Å²) in [6, 6.07) is 11.0. The van der Waals surface area contributed by atoms with E-state index in [0.29, 0.717) is 5.75 Å². The zero-order chi connectivity index (χ0) is 13.1. The molecule has 0 aliphatic heterocycles. The first-order valence-electron chi connectivity index (χ1n) is 5.08. The molecule has 0 fully saturated rings. The molecule has 0 N–H and O–H groups in total. The van der Waals surface area contributed by atoms with Gasteiger partial charge in [-0.2, -0.15) is 0 Å². The Kier molecular flexibility index (Phi) is 4.35. The van der Waals surface area contributed by atoms with E-state index in [2.05, 4.69) is 31.9 Å². The zero-order valence-corrected chi connectivity index (χ0v) is 12.2. The highest BCUT2D eigenvalue weighted by Crippen LogP contribution is 2.37. The van der Waals surface area contributed by atoms with Gasteiger partial charge < -0.3 is 4.74 Å². The molecule has 0 aromatic heterocycles. The van der Waals surface area contributed by atoms with Crippen molar-refractivity contribution in [1.82, 2.24) is 0 Å². The van der Waals surface area contributed by atoms with Gasteiger partial charge in [-0.3, -0.25) is 0 Å². The van der Waals surface area contributed by atoms with Crippen molar-refractivity contribution < 1.29 is 13.5 Å². The average Bonchev–Trinajstić information content (AvgIpc) is 2.35. The van der Waals surface area contributed by atoms with E-state index in [1.807, 2.05) is 0 Å². The average molecular weight is 378 g/mol. The van der Waals surface area contributed by atoms with Gasteiger partial charge in [0, 0.05) is 5.56 Å². The van der Waals surface area contributed by atoms with Crippen molar-refractivity contribution in [2.24, 2.45) is 0 Å². The summed E-state index contributed by atoms with van der Waals surface area (Å²) in [5.74, 6) is -1.48. The van der Waals surface area contributed by atoms with Crippen LogP contribution in [0.25, 0.3) is 0 Å². The van der Waals surface area contributed by atoms with E-state index in [-0.39, 0.29) is 5.56 Å². The minimum Gasteiger partial charge on any atom is -0.451 e. The molecule has 0 aliphatic rings. The van der Waals surface area contributed by atoms with Crippen molar-refractivity contribution in [3.63, 3.8) is 0 Å². The van der Waals surface area contributed by atoms with Crippen LogP contribution in [-0.2, 0) is 0 Å². The standard InChI is InChI=1S/C13H8Br2F2O/c14-13(15)9-6-7-10(16)12(11(9)17)18-8-4-2-1-3-5-8/h1-7,13H. The highest BCUT2D eigenvalue weighted by molar-refractivity contribution is 9.24. The molecule has 5 heteroatoms. The maximum atomic E-state index is 14.0. The van der Waals surface area contributed by atoms with Crippen LogP contribution in [0.4, 0.5) is 8.78 Å². The number of rotatable bonds is 3. The van der Waals surface area contributed by atoms with Crippen LogP contribution in [0.5, 0.6) is 11.5 Å². The fraction of sp³-hybridized carbons (Fsp3) is 0.0769. The fourth-order valence-corrected chi connectivity index (χ4v) is 2.12. The molecular formula is C13H8Br2F2O. The molecule has 0 bridgehead atoms. The topological polar surface area (TPSA) is 9.23 Å². The predicted octanol–water partition coefficient (Wildman–Crippen LogP) is 5.55. The molecule has 0 atom stereocenters. The van der Waals surface area contributed by atoms with E-state index in [1.165, 1.54) is 12.1 Å². The number of para-hydroxylation sites is 1. The molecule has 2 rings (SSSR count). The second-order valence-corrected chi connectivity index (χ2v) is 6.56. The predicted molar refractivity (Wildman–Crippen MR) is 73.5 cm³/mol. The molecule has 2 aromatic carbocycles. The molecule has 0 spiro atoms. The summed E-state index contributed by atoms with van der Waals surface area (Å²) in [5.41, 5.74) is 0.280. The third-order valence-corrected chi connectivity index (χ3v) is 3.26. The Bertz CT molecular complexity index is 544. The molecule has 1 nitrogen and oxygen atoms in total. The largest absolute Gasteiger partial charge is 0.451 e. The van der Waals surface area contributed by atoms with Gasteiger partial charge in [-0.25, -0.2) is 8.78 Å². The Morgan fingerprint density at radius 1 is 0.944 bits per heavy atom.